The molecule has 1 saturated heterocycles. The van der Waals surface area contributed by atoms with Crippen molar-refractivity contribution in [3.05, 3.63) is 70.8 Å². The fraction of sp³-hybridized carbons (Fsp3) is 0.250. The van der Waals surface area contributed by atoms with Gasteiger partial charge in [0.05, 0.1) is 5.69 Å². The molecule has 0 bridgehead atoms. The van der Waals surface area contributed by atoms with Crippen molar-refractivity contribution in [3.63, 3.8) is 0 Å². The Morgan fingerprint density at radius 2 is 1.88 bits per heavy atom. The Kier molecular flexibility index (Phi) is 4.86. The van der Waals surface area contributed by atoms with Gasteiger partial charge in [0.25, 0.3) is 5.56 Å². The highest BCUT2D eigenvalue weighted by Crippen LogP contribution is 2.20. The van der Waals surface area contributed by atoms with Crippen LogP contribution < -0.4 is 10.9 Å². The first-order chi connectivity index (χ1) is 12.8. The van der Waals surface area contributed by atoms with Crippen LogP contribution in [-0.2, 0) is 6.54 Å². The van der Waals surface area contributed by atoms with Crippen molar-refractivity contribution in [2.45, 2.75) is 6.54 Å². The normalized spacial score (nSPS) is 15.1. The summed E-state index contributed by atoms with van der Waals surface area (Å²) in [4.78, 5) is 26.2. The van der Waals surface area contributed by atoms with Gasteiger partial charge in [0, 0.05) is 62.3 Å². The molecule has 1 aromatic carbocycles. The third-order valence-electron chi connectivity index (χ3n) is 4.52. The molecule has 6 heteroatoms. The molecule has 132 valence electrons. The molecule has 0 atom stereocenters. The van der Waals surface area contributed by atoms with Gasteiger partial charge >= 0.3 is 0 Å². The summed E-state index contributed by atoms with van der Waals surface area (Å²) in [5, 5.41) is 3.37. The number of H-pyrrole nitrogens is 1. The minimum atomic E-state index is -0.165. The molecular formula is C20H21N5O. The smallest absolute Gasteiger partial charge is 0.251 e. The van der Waals surface area contributed by atoms with Crippen LogP contribution in [0, 0.1) is 0 Å². The molecule has 0 aliphatic carbocycles. The highest BCUT2D eigenvalue weighted by Gasteiger charge is 2.11. The van der Waals surface area contributed by atoms with Gasteiger partial charge in [0.15, 0.2) is 0 Å². The van der Waals surface area contributed by atoms with Gasteiger partial charge in [0.2, 0.25) is 0 Å². The zero-order chi connectivity index (χ0) is 17.8. The lowest BCUT2D eigenvalue weighted by atomic mass is 10.1. The minimum Gasteiger partial charge on any atom is -0.314 e. The second kappa shape index (κ2) is 7.59. The summed E-state index contributed by atoms with van der Waals surface area (Å²) in [5.41, 5.74) is 3.43. The lowest BCUT2D eigenvalue weighted by molar-refractivity contribution is 0.233. The van der Waals surface area contributed by atoms with Crippen LogP contribution in [0.25, 0.3) is 22.6 Å². The SMILES string of the molecule is O=c1cc(-c2cccnc2)nc(-c2cccc(CN3CCNCC3)c2)[nH]1. The Hall–Kier alpha value is -2.83. The number of aromatic amines is 1. The topological polar surface area (TPSA) is 73.9 Å². The zero-order valence-electron chi connectivity index (χ0n) is 14.5. The van der Waals surface area contributed by atoms with Gasteiger partial charge < -0.3 is 10.3 Å². The Bertz CT molecular complexity index is 932. The van der Waals surface area contributed by atoms with Gasteiger partial charge in [-0.1, -0.05) is 18.2 Å². The van der Waals surface area contributed by atoms with E-state index in [2.05, 4.69) is 37.3 Å². The number of hydrogen-bond donors (Lipinski definition) is 2. The van der Waals surface area contributed by atoms with E-state index in [1.165, 1.54) is 11.6 Å². The summed E-state index contributed by atoms with van der Waals surface area (Å²) >= 11 is 0. The van der Waals surface area contributed by atoms with Crippen molar-refractivity contribution >= 4 is 0 Å². The van der Waals surface area contributed by atoms with Crippen molar-refractivity contribution in [2.24, 2.45) is 0 Å². The second-order valence-corrected chi connectivity index (χ2v) is 6.45. The molecule has 2 aromatic heterocycles. The van der Waals surface area contributed by atoms with Crippen molar-refractivity contribution in [2.75, 3.05) is 26.2 Å². The summed E-state index contributed by atoms with van der Waals surface area (Å²) in [5.74, 6) is 0.582. The molecule has 0 saturated carbocycles. The fourth-order valence-electron chi connectivity index (χ4n) is 3.20. The third kappa shape index (κ3) is 3.87. The summed E-state index contributed by atoms with van der Waals surface area (Å²) < 4.78 is 0. The first-order valence-corrected chi connectivity index (χ1v) is 8.82. The van der Waals surface area contributed by atoms with E-state index >= 15 is 0 Å². The Morgan fingerprint density at radius 3 is 2.69 bits per heavy atom. The van der Waals surface area contributed by atoms with Crippen LogP contribution in [0.4, 0.5) is 0 Å². The predicted octanol–water partition coefficient (Wildman–Crippen LogP) is 1.90. The lowest BCUT2D eigenvalue weighted by Gasteiger charge is -2.27. The maximum atomic E-state index is 12.1. The van der Waals surface area contributed by atoms with Crippen LogP contribution in [0.15, 0.2) is 59.7 Å². The van der Waals surface area contributed by atoms with E-state index in [0.717, 1.165) is 43.9 Å². The molecule has 26 heavy (non-hydrogen) atoms. The number of piperazine rings is 1. The molecule has 6 nitrogen and oxygen atoms in total. The number of nitrogens with one attached hydrogen (secondary N) is 2. The van der Waals surface area contributed by atoms with E-state index in [9.17, 15) is 4.79 Å². The van der Waals surface area contributed by atoms with Gasteiger partial charge in [-0.05, 0) is 23.8 Å². The zero-order valence-corrected chi connectivity index (χ0v) is 14.5. The average molecular weight is 347 g/mol. The van der Waals surface area contributed by atoms with Crippen LogP contribution >= 0.6 is 0 Å². The summed E-state index contributed by atoms with van der Waals surface area (Å²) in [7, 11) is 0. The van der Waals surface area contributed by atoms with Crippen LogP contribution in [0.2, 0.25) is 0 Å². The molecule has 0 radical (unpaired) electrons. The molecular weight excluding hydrogens is 326 g/mol. The lowest BCUT2D eigenvalue weighted by Crippen LogP contribution is -2.42. The summed E-state index contributed by atoms with van der Waals surface area (Å²) in [6, 6.07) is 13.5. The molecule has 1 fully saturated rings. The highest BCUT2D eigenvalue weighted by atomic mass is 16.1. The maximum absolute atomic E-state index is 12.1. The minimum absolute atomic E-state index is 0.165. The highest BCUT2D eigenvalue weighted by molar-refractivity contribution is 5.63. The van der Waals surface area contributed by atoms with Crippen LogP contribution in [0.5, 0.6) is 0 Å². The number of aromatic nitrogens is 3. The van der Waals surface area contributed by atoms with Crippen molar-refractivity contribution < 1.29 is 0 Å². The first-order valence-electron chi connectivity index (χ1n) is 8.82. The van der Waals surface area contributed by atoms with Crippen molar-refractivity contribution in [1.82, 2.24) is 25.2 Å². The number of pyridine rings is 1. The van der Waals surface area contributed by atoms with Crippen LogP contribution in [-0.4, -0.2) is 46.0 Å². The van der Waals surface area contributed by atoms with Gasteiger partial charge in [0.1, 0.15) is 5.82 Å². The van der Waals surface area contributed by atoms with Crippen LogP contribution in [0.3, 0.4) is 0 Å². The first kappa shape index (κ1) is 16.6. The molecule has 3 heterocycles. The van der Waals surface area contributed by atoms with Crippen molar-refractivity contribution in [3.8, 4) is 22.6 Å². The fourth-order valence-corrected chi connectivity index (χ4v) is 3.20. The number of benzene rings is 1. The van der Waals surface area contributed by atoms with Gasteiger partial charge in [-0.3, -0.25) is 14.7 Å². The quantitative estimate of drug-likeness (QED) is 0.754. The Labute approximate surface area is 151 Å². The van der Waals surface area contributed by atoms with E-state index in [4.69, 9.17) is 0 Å². The van der Waals surface area contributed by atoms with E-state index in [0.29, 0.717) is 11.5 Å². The third-order valence-corrected chi connectivity index (χ3v) is 4.52. The molecule has 1 aliphatic heterocycles. The molecule has 1 aliphatic rings. The van der Waals surface area contributed by atoms with E-state index in [1.54, 1.807) is 12.4 Å². The summed E-state index contributed by atoms with van der Waals surface area (Å²) in [6.45, 7) is 5.07. The molecule has 0 unspecified atom stereocenters. The van der Waals surface area contributed by atoms with Gasteiger partial charge in [-0.2, -0.15) is 0 Å². The van der Waals surface area contributed by atoms with Crippen molar-refractivity contribution in [1.29, 1.82) is 0 Å². The molecule has 2 N–H and O–H groups in total. The maximum Gasteiger partial charge on any atom is 0.251 e. The van der Waals surface area contributed by atoms with E-state index < -0.39 is 0 Å². The van der Waals surface area contributed by atoms with E-state index in [-0.39, 0.29) is 5.56 Å². The Morgan fingerprint density at radius 1 is 1.04 bits per heavy atom. The van der Waals surface area contributed by atoms with E-state index in [1.807, 2.05) is 24.3 Å². The van der Waals surface area contributed by atoms with Crippen LogP contribution in [0.1, 0.15) is 5.56 Å². The van der Waals surface area contributed by atoms with Gasteiger partial charge in [-0.25, -0.2) is 4.98 Å². The largest absolute Gasteiger partial charge is 0.314 e. The molecule has 4 rings (SSSR count). The number of rotatable bonds is 4. The van der Waals surface area contributed by atoms with Gasteiger partial charge in [-0.15, -0.1) is 0 Å². The molecule has 0 amide bonds. The second-order valence-electron chi connectivity index (χ2n) is 6.45. The number of nitrogens with zero attached hydrogens (tertiary/aromatic N) is 3. The number of hydrogen-bond acceptors (Lipinski definition) is 5. The average Bonchev–Trinajstić information content (AvgIpc) is 2.69. The molecule has 0 spiro atoms. The monoisotopic (exact) mass is 347 g/mol. The predicted molar refractivity (Wildman–Crippen MR) is 102 cm³/mol. The molecule has 3 aromatic rings. The standard InChI is InChI=1S/C20H21N5O/c26-19-12-18(17-5-2-6-22-13-17)23-20(24-19)16-4-1-3-15(11-16)14-25-9-7-21-8-10-25/h1-6,11-13,21H,7-10,14H2,(H,23,24,26). The summed E-state index contributed by atoms with van der Waals surface area (Å²) in [6.07, 6.45) is 3.42. The Balaban J connectivity index is 1.64.